The van der Waals surface area contributed by atoms with E-state index in [1.54, 1.807) is 0 Å². The van der Waals surface area contributed by atoms with E-state index in [9.17, 15) is 8.78 Å². The van der Waals surface area contributed by atoms with Crippen molar-refractivity contribution in [3.8, 4) is 0 Å². The van der Waals surface area contributed by atoms with E-state index < -0.39 is 6.43 Å². The van der Waals surface area contributed by atoms with E-state index in [0.29, 0.717) is 5.92 Å². The molecule has 1 N–H and O–H groups in total. The SMILES string of the molecule is CCC1CC(NCC(F)F)CN(C2CCCC2)C1. The smallest absolute Gasteiger partial charge is 0.250 e. The summed E-state index contributed by atoms with van der Waals surface area (Å²) in [6.45, 7) is 4.20. The Labute approximate surface area is 109 Å². The molecular weight excluding hydrogens is 234 g/mol. The summed E-state index contributed by atoms with van der Waals surface area (Å²) in [4.78, 5) is 2.56. The highest BCUT2D eigenvalue weighted by Gasteiger charge is 2.31. The van der Waals surface area contributed by atoms with E-state index >= 15 is 0 Å². The van der Waals surface area contributed by atoms with Gasteiger partial charge in [-0.3, -0.25) is 4.90 Å². The third-order valence-electron chi connectivity index (χ3n) is 4.54. The number of nitrogens with zero attached hydrogens (tertiary/aromatic N) is 1. The summed E-state index contributed by atoms with van der Waals surface area (Å²) in [5, 5.41) is 3.05. The van der Waals surface area contributed by atoms with Crippen LogP contribution < -0.4 is 5.32 Å². The first-order valence-corrected chi connectivity index (χ1v) is 7.44. The van der Waals surface area contributed by atoms with Gasteiger partial charge in [-0.2, -0.15) is 0 Å². The van der Waals surface area contributed by atoms with E-state index in [-0.39, 0.29) is 12.6 Å². The van der Waals surface area contributed by atoms with Crippen molar-refractivity contribution >= 4 is 0 Å². The van der Waals surface area contributed by atoms with Crippen molar-refractivity contribution in [3.05, 3.63) is 0 Å². The van der Waals surface area contributed by atoms with Gasteiger partial charge < -0.3 is 5.32 Å². The molecule has 106 valence electrons. The molecule has 2 aliphatic rings. The number of hydrogen-bond acceptors (Lipinski definition) is 2. The van der Waals surface area contributed by atoms with Gasteiger partial charge in [0.15, 0.2) is 0 Å². The molecule has 0 aromatic carbocycles. The Morgan fingerprint density at radius 2 is 1.94 bits per heavy atom. The van der Waals surface area contributed by atoms with Crippen LogP contribution in [0.2, 0.25) is 0 Å². The quantitative estimate of drug-likeness (QED) is 0.817. The van der Waals surface area contributed by atoms with Crippen LogP contribution in [0.3, 0.4) is 0 Å². The molecule has 1 saturated carbocycles. The lowest BCUT2D eigenvalue weighted by atomic mass is 9.91. The van der Waals surface area contributed by atoms with Gasteiger partial charge >= 0.3 is 0 Å². The Kier molecular flexibility index (Phi) is 5.37. The van der Waals surface area contributed by atoms with Gasteiger partial charge in [-0.25, -0.2) is 8.78 Å². The fraction of sp³-hybridized carbons (Fsp3) is 1.00. The number of nitrogens with one attached hydrogen (secondary N) is 1. The second-order valence-electron chi connectivity index (χ2n) is 5.90. The summed E-state index contributed by atoms with van der Waals surface area (Å²) >= 11 is 0. The molecule has 0 amide bonds. The van der Waals surface area contributed by atoms with Crippen molar-refractivity contribution in [2.45, 2.75) is 64.0 Å². The zero-order chi connectivity index (χ0) is 13.0. The molecular formula is C14H26F2N2. The Balaban J connectivity index is 1.86. The Morgan fingerprint density at radius 3 is 2.56 bits per heavy atom. The molecule has 0 bridgehead atoms. The molecule has 2 fully saturated rings. The van der Waals surface area contributed by atoms with Gasteiger partial charge in [0.25, 0.3) is 6.43 Å². The highest BCUT2D eigenvalue weighted by molar-refractivity contribution is 4.88. The largest absolute Gasteiger partial charge is 0.307 e. The fourth-order valence-corrected chi connectivity index (χ4v) is 3.51. The summed E-state index contributed by atoms with van der Waals surface area (Å²) in [5.41, 5.74) is 0. The number of halogens is 2. The van der Waals surface area contributed by atoms with Crippen LogP contribution in [0.15, 0.2) is 0 Å². The molecule has 2 atom stereocenters. The molecule has 2 unspecified atom stereocenters. The molecule has 2 rings (SSSR count). The third kappa shape index (κ3) is 3.89. The van der Waals surface area contributed by atoms with Crippen LogP contribution in [-0.2, 0) is 0 Å². The zero-order valence-electron chi connectivity index (χ0n) is 11.4. The first-order chi connectivity index (χ1) is 8.69. The van der Waals surface area contributed by atoms with Crippen LogP contribution in [0.4, 0.5) is 8.78 Å². The van der Waals surface area contributed by atoms with Crippen LogP contribution in [0.5, 0.6) is 0 Å². The maximum Gasteiger partial charge on any atom is 0.250 e. The van der Waals surface area contributed by atoms with Gasteiger partial charge in [-0.1, -0.05) is 26.2 Å². The molecule has 18 heavy (non-hydrogen) atoms. The third-order valence-corrected chi connectivity index (χ3v) is 4.54. The summed E-state index contributed by atoms with van der Waals surface area (Å²) < 4.78 is 24.6. The summed E-state index contributed by atoms with van der Waals surface area (Å²) in [7, 11) is 0. The van der Waals surface area contributed by atoms with Crippen molar-refractivity contribution in [1.82, 2.24) is 10.2 Å². The standard InChI is InChI=1S/C14H26F2N2/c1-2-11-7-12(17-8-14(15)16)10-18(9-11)13-5-3-4-6-13/h11-14,17H,2-10H2,1H3. The molecule has 1 heterocycles. The van der Waals surface area contributed by atoms with Crippen LogP contribution in [-0.4, -0.2) is 43.0 Å². The van der Waals surface area contributed by atoms with E-state index in [1.165, 1.54) is 32.2 Å². The molecule has 0 aromatic rings. The van der Waals surface area contributed by atoms with E-state index in [0.717, 1.165) is 25.4 Å². The molecule has 0 spiro atoms. The Bertz CT molecular complexity index is 242. The predicted octanol–water partition coefficient (Wildman–Crippen LogP) is 2.88. The van der Waals surface area contributed by atoms with Crippen molar-refractivity contribution < 1.29 is 8.78 Å². The molecule has 2 nitrogen and oxygen atoms in total. The van der Waals surface area contributed by atoms with Gasteiger partial charge in [0.1, 0.15) is 0 Å². The second-order valence-corrected chi connectivity index (χ2v) is 5.90. The Morgan fingerprint density at radius 1 is 1.22 bits per heavy atom. The average molecular weight is 260 g/mol. The normalized spacial score (nSPS) is 31.3. The molecule has 1 aliphatic carbocycles. The molecule has 0 aromatic heterocycles. The van der Waals surface area contributed by atoms with E-state index in [1.807, 2.05) is 0 Å². The summed E-state index contributed by atoms with van der Waals surface area (Å²) in [5.74, 6) is 0.675. The number of hydrogen-bond donors (Lipinski definition) is 1. The predicted molar refractivity (Wildman–Crippen MR) is 70.0 cm³/mol. The van der Waals surface area contributed by atoms with E-state index in [2.05, 4.69) is 17.1 Å². The second kappa shape index (κ2) is 6.80. The van der Waals surface area contributed by atoms with Crippen LogP contribution in [0, 0.1) is 5.92 Å². The van der Waals surface area contributed by atoms with Crippen LogP contribution in [0.1, 0.15) is 45.4 Å². The maximum absolute atomic E-state index is 12.3. The molecule has 0 radical (unpaired) electrons. The molecule has 4 heteroatoms. The topological polar surface area (TPSA) is 15.3 Å². The van der Waals surface area contributed by atoms with Crippen molar-refractivity contribution in [2.75, 3.05) is 19.6 Å². The van der Waals surface area contributed by atoms with Crippen LogP contribution in [0.25, 0.3) is 0 Å². The van der Waals surface area contributed by atoms with Gasteiger partial charge in [-0.15, -0.1) is 0 Å². The maximum atomic E-state index is 12.3. The minimum Gasteiger partial charge on any atom is -0.307 e. The number of alkyl halides is 2. The fourth-order valence-electron chi connectivity index (χ4n) is 3.51. The van der Waals surface area contributed by atoms with Gasteiger partial charge in [-0.05, 0) is 25.2 Å². The van der Waals surface area contributed by atoms with Crippen molar-refractivity contribution in [1.29, 1.82) is 0 Å². The highest BCUT2D eigenvalue weighted by Crippen LogP contribution is 2.29. The van der Waals surface area contributed by atoms with Gasteiger partial charge in [0.2, 0.25) is 0 Å². The monoisotopic (exact) mass is 260 g/mol. The molecule has 1 aliphatic heterocycles. The Hall–Kier alpha value is -0.220. The lowest BCUT2D eigenvalue weighted by Gasteiger charge is -2.41. The number of piperidine rings is 1. The lowest BCUT2D eigenvalue weighted by molar-refractivity contribution is 0.0831. The first-order valence-electron chi connectivity index (χ1n) is 7.44. The lowest BCUT2D eigenvalue weighted by Crippen LogP contribution is -2.52. The molecule has 1 saturated heterocycles. The minimum atomic E-state index is -2.23. The van der Waals surface area contributed by atoms with Gasteiger partial charge in [0, 0.05) is 25.2 Å². The van der Waals surface area contributed by atoms with Crippen molar-refractivity contribution in [3.63, 3.8) is 0 Å². The van der Waals surface area contributed by atoms with Crippen molar-refractivity contribution in [2.24, 2.45) is 5.92 Å². The first kappa shape index (κ1) is 14.2. The average Bonchev–Trinajstić information content (AvgIpc) is 2.89. The van der Waals surface area contributed by atoms with Gasteiger partial charge in [0.05, 0.1) is 6.54 Å². The highest BCUT2D eigenvalue weighted by atomic mass is 19.3. The van der Waals surface area contributed by atoms with E-state index in [4.69, 9.17) is 0 Å². The van der Waals surface area contributed by atoms with Crippen LogP contribution >= 0.6 is 0 Å². The number of rotatable bonds is 5. The minimum absolute atomic E-state index is 0.153. The summed E-state index contributed by atoms with van der Waals surface area (Å²) in [6, 6.07) is 0.980. The zero-order valence-corrected chi connectivity index (χ0v) is 11.4. The number of likely N-dealkylation sites (tertiary alicyclic amines) is 1. The summed E-state index contributed by atoms with van der Waals surface area (Å²) in [6.07, 6.45) is 5.28.